The maximum absolute atomic E-state index is 12.8. The first-order valence-corrected chi connectivity index (χ1v) is 10.0. The number of aromatic amines is 1. The third kappa shape index (κ3) is 4.41. The average Bonchev–Trinajstić information content (AvgIpc) is 3.30. The van der Waals surface area contributed by atoms with E-state index in [4.69, 9.17) is 15.2 Å². The fourth-order valence-corrected chi connectivity index (χ4v) is 3.36. The van der Waals surface area contributed by atoms with E-state index in [9.17, 15) is 4.79 Å². The average molecular weight is 428 g/mol. The van der Waals surface area contributed by atoms with Gasteiger partial charge in [-0.15, -0.1) is 0 Å². The Morgan fingerprint density at radius 3 is 2.31 bits per heavy atom. The van der Waals surface area contributed by atoms with Crippen molar-refractivity contribution < 1.29 is 14.3 Å². The summed E-state index contributed by atoms with van der Waals surface area (Å²) < 4.78 is 10.5. The Balaban J connectivity index is 1.60. The second-order valence-electron chi connectivity index (χ2n) is 7.35. The van der Waals surface area contributed by atoms with Gasteiger partial charge in [0.15, 0.2) is 0 Å². The Morgan fingerprint density at radius 1 is 0.969 bits per heavy atom. The summed E-state index contributed by atoms with van der Waals surface area (Å²) in [6, 6.07) is 18.3. The second-order valence-corrected chi connectivity index (χ2v) is 7.35. The molecule has 7 heteroatoms. The minimum absolute atomic E-state index is 0.265. The summed E-state index contributed by atoms with van der Waals surface area (Å²) in [6.45, 7) is 2.00. The van der Waals surface area contributed by atoms with Crippen LogP contribution in [0.25, 0.3) is 22.6 Å². The summed E-state index contributed by atoms with van der Waals surface area (Å²) in [7, 11) is 3.09. The summed E-state index contributed by atoms with van der Waals surface area (Å²) in [5.41, 5.74) is 11.4. The smallest absolute Gasteiger partial charge is 0.255 e. The van der Waals surface area contributed by atoms with E-state index in [0.717, 1.165) is 22.4 Å². The van der Waals surface area contributed by atoms with Gasteiger partial charge >= 0.3 is 0 Å². The van der Waals surface area contributed by atoms with E-state index in [1.54, 1.807) is 38.6 Å². The molecule has 4 rings (SSSR count). The van der Waals surface area contributed by atoms with Gasteiger partial charge in [0.2, 0.25) is 0 Å². The number of hydrogen-bond acceptors (Lipinski definition) is 5. The van der Waals surface area contributed by atoms with E-state index in [2.05, 4.69) is 15.3 Å². The molecule has 0 aliphatic heterocycles. The topological polar surface area (TPSA) is 102 Å². The van der Waals surface area contributed by atoms with Crippen molar-refractivity contribution in [3.63, 3.8) is 0 Å². The molecule has 7 nitrogen and oxygen atoms in total. The molecule has 0 spiro atoms. The van der Waals surface area contributed by atoms with Gasteiger partial charge in [0.05, 0.1) is 26.1 Å². The number of nitrogens with two attached hydrogens (primary N) is 1. The number of methoxy groups -OCH3 is 2. The van der Waals surface area contributed by atoms with E-state index in [1.165, 1.54) is 0 Å². The largest absolute Gasteiger partial charge is 0.497 e. The quantitative estimate of drug-likeness (QED) is 0.379. The first-order valence-electron chi connectivity index (χ1n) is 10.0. The zero-order valence-corrected chi connectivity index (χ0v) is 18.1. The van der Waals surface area contributed by atoms with E-state index in [1.807, 2.05) is 49.4 Å². The van der Waals surface area contributed by atoms with Crippen LogP contribution >= 0.6 is 0 Å². The summed E-state index contributed by atoms with van der Waals surface area (Å²) in [6.07, 6.45) is 1.79. The lowest BCUT2D eigenvalue weighted by Gasteiger charge is -2.11. The van der Waals surface area contributed by atoms with Crippen LogP contribution in [0.15, 0.2) is 66.9 Å². The fourth-order valence-electron chi connectivity index (χ4n) is 3.36. The molecule has 0 saturated carbocycles. The SMILES string of the molecule is COc1cc(OC)cc(C(=O)Nc2ccc(C)c(-c3ncc(-c4ccc(N)cc4)[nH]3)c2)c1. The minimum Gasteiger partial charge on any atom is -0.497 e. The summed E-state index contributed by atoms with van der Waals surface area (Å²) >= 11 is 0. The zero-order valence-electron chi connectivity index (χ0n) is 18.1. The number of amides is 1. The number of ether oxygens (including phenoxy) is 2. The highest BCUT2D eigenvalue weighted by molar-refractivity contribution is 6.05. The Morgan fingerprint density at radius 2 is 1.66 bits per heavy atom. The first kappa shape index (κ1) is 21.0. The van der Waals surface area contributed by atoms with E-state index < -0.39 is 0 Å². The van der Waals surface area contributed by atoms with E-state index in [-0.39, 0.29) is 5.91 Å². The van der Waals surface area contributed by atoms with Gasteiger partial charge in [0, 0.05) is 28.6 Å². The lowest BCUT2D eigenvalue weighted by molar-refractivity contribution is 0.102. The number of nitrogens with zero attached hydrogens (tertiary/aromatic N) is 1. The lowest BCUT2D eigenvalue weighted by Crippen LogP contribution is -2.12. The number of aryl methyl sites for hydroxylation is 1. The number of aromatic nitrogens is 2. The van der Waals surface area contributed by atoms with Crippen molar-refractivity contribution in [2.75, 3.05) is 25.3 Å². The third-order valence-electron chi connectivity index (χ3n) is 5.16. The van der Waals surface area contributed by atoms with Crippen LogP contribution in [0.5, 0.6) is 11.5 Å². The standard InChI is InChI=1S/C25H24N4O3/c1-15-4-9-19(28-25(30)17-10-20(31-2)13-21(11-17)32-3)12-22(15)24-27-14-23(29-24)16-5-7-18(26)8-6-16/h4-14H,26H2,1-3H3,(H,27,29)(H,28,30). The molecule has 0 unspecified atom stereocenters. The van der Waals surface area contributed by atoms with Gasteiger partial charge in [-0.05, 0) is 54.4 Å². The van der Waals surface area contributed by atoms with Gasteiger partial charge in [-0.1, -0.05) is 18.2 Å². The zero-order chi connectivity index (χ0) is 22.7. The third-order valence-corrected chi connectivity index (χ3v) is 5.16. The predicted molar refractivity (Wildman–Crippen MR) is 126 cm³/mol. The van der Waals surface area contributed by atoms with Crippen molar-refractivity contribution in [3.05, 3.63) is 78.0 Å². The summed E-state index contributed by atoms with van der Waals surface area (Å²) in [4.78, 5) is 20.7. The van der Waals surface area contributed by atoms with Crippen LogP contribution in [0.3, 0.4) is 0 Å². The number of carbonyl (C=O) groups excluding carboxylic acids is 1. The fraction of sp³-hybridized carbons (Fsp3) is 0.120. The number of anilines is 2. The number of benzene rings is 3. The molecule has 1 aromatic heterocycles. The number of H-pyrrole nitrogens is 1. The van der Waals surface area contributed by atoms with Gasteiger partial charge in [-0.3, -0.25) is 4.79 Å². The van der Waals surface area contributed by atoms with Crippen molar-refractivity contribution in [2.24, 2.45) is 0 Å². The molecule has 1 heterocycles. The molecule has 1 amide bonds. The number of imidazole rings is 1. The summed E-state index contributed by atoms with van der Waals surface area (Å²) in [5.74, 6) is 1.54. The maximum Gasteiger partial charge on any atom is 0.255 e. The predicted octanol–water partition coefficient (Wildman–Crippen LogP) is 4.90. The molecule has 162 valence electrons. The van der Waals surface area contributed by atoms with Gasteiger partial charge in [-0.2, -0.15) is 0 Å². The van der Waals surface area contributed by atoms with Crippen LogP contribution in [0.4, 0.5) is 11.4 Å². The molecule has 32 heavy (non-hydrogen) atoms. The minimum atomic E-state index is -0.265. The molecule has 0 saturated heterocycles. The molecule has 0 aliphatic carbocycles. The number of hydrogen-bond donors (Lipinski definition) is 3. The first-order chi connectivity index (χ1) is 15.5. The Bertz CT molecular complexity index is 1240. The Labute approximate surface area is 186 Å². The second kappa shape index (κ2) is 8.85. The highest BCUT2D eigenvalue weighted by Gasteiger charge is 2.13. The Hall–Kier alpha value is -4.26. The normalized spacial score (nSPS) is 10.6. The van der Waals surface area contributed by atoms with Crippen LogP contribution in [-0.4, -0.2) is 30.1 Å². The van der Waals surface area contributed by atoms with Gasteiger partial charge in [0.25, 0.3) is 5.91 Å². The van der Waals surface area contributed by atoms with Crippen LogP contribution in [0.2, 0.25) is 0 Å². The van der Waals surface area contributed by atoms with Crippen LogP contribution in [-0.2, 0) is 0 Å². The Kier molecular flexibility index (Phi) is 5.81. The van der Waals surface area contributed by atoms with Gasteiger partial charge in [-0.25, -0.2) is 4.98 Å². The van der Waals surface area contributed by atoms with Crippen molar-refractivity contribution in [2.45, 2.75) is 6.92 Å². The molecule has 0 atom stereocenters. The van der Waals surface area contributed by atoms with Crippen molar-refractivity contribution in [3.8, 4) is 34.1 Å². The number of nitrogen functional groups attached to an aromatic ring is 1. The highest BCUT2D eigenvalue weighted by atomic mass is 16.5. The number of carbonyl (C=O) groups is 1. The van der Waals surface area contributed by atoms with E-state index in [0.29, 0.717) is 34.3 Å². The molecule has 0 aliphatic rings. The molecule has 0 bridgehead atoms. The van der Waals surface area contributed by atoms with E-state index >= 15 is 0 Å². The molecule has 3 aromatic carbocycles. The molecule has 0 fully saturated rings. The molecule has 4 N–H and O–H groups in total. The van der Waals surface area contributed by atoms with Crippen LogP contribution in [0.1, 0.15) is 15.9 Å². The van der Waals surface area contributed by atoms with Crippen LogP contribution in [0, 0.1) is 6.92 Å². The van der Waals surface area contributed by atoms with Gasteiger partial charge in [0.1, 0.15) is 17.3 Å². The van der Waals surface area contributed by atoms with Crippen molar-refractivity contribution in [1.29, 1.82) is 0 Å². The number of rotatable bonds is 6. The lowest BCUT2D eigenvalue weighted by atomic mass is 10.1. The van der Waals surface area contributed by atoms with Crippen LogP contribution < -0.4 is 20.5 Å². The molecular formula is C25H24N4O3. The van der Waals surface area contributed by atoms with Crippen molar-refractivity contribution in [1.82, 2.24) is 9.97 Å². The monoisotopic (exact) mass is 428 g/mol. The summed E-state index contributed by atoms with van der Waals surface area (Å²) in [5, 5.41) is 2.94. The molecular weight excluding hydrogens is 404 g/mol. The van der Waals surface area contributed by atoms with Crippen molar-refractivity contribution >= 4 is 17.3 Å². The highest BCUT2D eigenvalue weighted by Crippen LogP contribution is 2.28. The molecule has 0 radical (unpaired) electrons. The number of nitrogens with one attached hydrogen (secondary N) is 2. The van der Waals surface area contributed by atoms with Gasteiger partial charge < -0.3 is 25.5 Å². The molecule has 4 aromatic rings. The maximum atomic E-state index is 12.8.